The van der Waals surface area contributed by atoms with Gasteiger partial charge in [0.1, 0.15) is 6.04 Å². The van der Waals surface area contributed by atoms with Gasteiger partial charge in [-0.3, -0.25) is 9.59 Å². The topological polar surface area (TPSA) is 74.0 Å². The molecule has 0 saturated heterocycles. The fourth-order valence-electron chi connectivity index (χ4n) is 2.88. The van der Waals surface area contributed by atoms with E-state index in [1.54, 1.807) is 47.9 Å². The lowest BCUT2D eigenvalue weighted by Gasteiger charge is -2.19. The fraction of sp³-hybridized carbons (Fsp3) is 0.200. The van der Waals surface area contributed by atoms with E-state index in [-0.39, 0.29) is 13.0 Å². The highest BCUT2D eigenvalue weighted by atomic mass is 19.4. The zero-order valence-electron chi connectivity index (χ0n) is 14.7. The number of alkyl halides is 3. The summed E-state index contributed by atoms with van der Waals surface area (Å²) in [7, 11) is 0. The molecular formula is C20H18F3N3O2. The number of para-hydroxylation sites is 1. The van der Waals surface area contributed by atoms with Gasteiger partial charge in [-0.2, -0.15) is 13.2 Å². The molecule has 8 heteroatoms. The maximum Gasteiger partial charge on any atom is 0.471 e. The number of benzene rings is 2. The van der Waals surface area contributed by atoms with E-state index in [0.29, 0.717) is 5.56 Å². The Labute approximate surface area is 158 Å². The van der Waals surface area contributed by atoms with Gasteiger partial charge in [-0.05, 0) is 17.2 Å². The van der Waals surface area contributed by atoms with Crippen molar-refractivity contribution >= 4 is 22.7 Å². The first-order valence-electron chi connectivity index (χ1n) is 8.59. The summed E-state index contributed by atoms with van der Waals surface area (Å²) >= 11 is 0. The highest BCUT2D eigenvalue weighted by molar-refractivity contribution is 5.91. The number of hydrogen-bond donors (Lipinski definition) is 3. The molecule has 146 valence electrons. The lowest BCUT2D eigenvalue weighted by atomic mass is 10.0. The molecular weight excluding hydrogens is 371 g/mol. The third-order valence-electron chi connectivity index (χ3n) is 4.29. The molecule has 0 aliphatic heterocycles. The summed E-state index contributed by atoms with van der Waals surface area (Å²) < 4.78 is 38.1. The monoisotopic (exact) mass is 389 g/mol. The number of hydrogen-bond acceptors (Lipinski definition) is 2. The maximum absolute atomic E-state index is 12.7. The van der Waals surface area contributed by atoms with Crippen molar-refractivity contribution in [3.05, 3.63) is 71.9 Å². The van der Waals surface area contributed by atoms with Crippen molar-refractivity contribution in [2.75, 3.05) is 0 Å². The van der Waals surface area contributed by atoms with Gasteiger partial charge in [0.25, 0.3) is 0 Å². The highest BCUT2D eigenvalue weighted by Crippen LogP contribution is 2.20. The molecule has 0 radical (unpaired) electrons. The van der Waals surface area contributed by atoms with Crippen LogP contribution in [0.5, 0.6) is 0 Å². The molecule has 1 unspecified atom stereocenters. The van der Waals surface area contributed by atoms with Crippen LogP contribution in [0.15, 0.2) is 60.8 Å². The van der Waals surface area contributed by atoms with Crippen molar-refractivity contribution in [2.24, 2.45) is 0 Å². The van der Waals surface area contributed by atoms with Crippen LogP contribution in [0.4, 0.5) is 13.2 Å². The average Bonchev–Trinajstić information content (AvgIpc) is 3.08. The van der Waals surface area contributed by atoms with Crippen LogP contribution in [-0.2, 0) is 22.6 Å². The molecule has 1 atom stereocenters. The fourth-order valence-corrected chi connectivity index (χ4v) is 2.88. The van der Waals surface area contributed by atoms with Crippen molar-refractivity contribution in [3.8, 4) is 0 Å². The van der Waals surface area contributed by atoms with Gasteiger partial charge in [0, 0.05) is 30.1 Å². The van der Waals surface area contributed by atoms with E-state index in [2.05, 4.69) is 10.3 Å². The smallest absolute Gasteiger partial charge is 0.361 e. The van der Waals surface area contributed by atoms with E-state index >= 15 is 0 Å². The largest absolute Gasteiger partial charge is 0.471 e. The minimum Gasteiger partial charge on any atom is -0.361 e. The maximum atomic E-state index is 12.7. The second-order valence-electron chi connectivity index (χ2n) is 6.29. The number of nitrogens with one attached hydrogen (secondary N) is 3. The molecule has 2 aromatic carbocycles. The van der Waals surface area contributed by atoms with Gasteiger partial charge in [-0.25, -0.2) is 0 Å². The van der Waals surface area contributed by atoms with Gasteiger partial charge in [0.15, 0.2) is 0 Å². The first kappa shape index (κ1) is 19.5. The number of amides is 2. The summed E-state index contributed by atoms with van der Waals surface area (Å²) in [5.74, 6) is -2.83. The highest BCUT2D eigenvalue weighted by Gasteiger charge is 2.40. The van der Waals surface area contributed by atoms with Crippen molar-refractivity contribution in [2.45, 2.75) is 25.2 Å². The molecule has 0 spiro atoms. The molecule has 0 aliphatic rings. The lowest BCUT2D eigenvalue weighted by molar-refractivity contribution is -0.174. The molecule has 0 saturated carbocycles. The van der Waals surface area contributed by atoms with Crippen LogP contribution < -0.4 is 10.6 Å². The summed E-state index contributed by atoms with van der Waals surface area (Å²) in [6, 6.07) is 14.8. The van der Waals surface area contributed by atoms with Crippen LogP contribution >= 0.6 is 0 Å². The molecule has 0 fully saturated rings. The normalized spacial score (nSPS) is 12.5. The standard InChI is InChI=1S/C20H18F3N3O2/c21-20(22,23)19(28)26-17(18(27)25-11-13-6-2-1-3-7-13)10-14-12-24-16-9-5-4-8-15(14)16/h1-9,12,17,24H,10-11H2,(H,25,27)(H,26,28). The second-order valence-corrected chi connectivity index (χ2v) is 6.29. The number of carbonyl (C=O) groups is 2. The molecule has 3 aromatic rings. The van der Waals surface area contributed by atoms with Gasteiger partial charge in [-0.15, -0.1) is 0 Å². The number of H-pyrrole nitrogens is 1. The quantitative estimate of drug-likeness (QED) is 0.606. The Kier molecular flexibility index (Phi) is 5.67. The molecule has 1 aromatic heterocycles. The van der Waals surface area contributed by atoms with Crippen LogP contribution in [0, 0.1) is 0 Å². The number of rotatable bonds is 6. The third kappa shape index (κ3) is 4.70. The zero-order valence-corrected chi connectivity index (χ0v) is 14.7. The minimum atomic E-state index is -5.07. The summed E-state index contributed by atoms with van der Waals surface area (Å²) in [6.45, 7) is 0.145. The van der Waals surface area contributed by atoms with Crippen molar-refractivity contribution in [3.63, 3.8) is 0 Å². The van der Waals surface area contributed by atoms with E-state index < -0.39 is 24.0 Å². The Hall–Kier alpha value is -3.29. The van der Waals surface area contributed by atoms with E-state index in [9.17, 15) is 22.8 Å². The minimum absolute atomic E-state index is 0.0769. The van der Waals surface area contributed by atoms with Gasteiger partial charge in [-0.1, -0.05) is 48.5 Å². The number of halogens is 3. The van der Waals surface area contributed by atoms with Crippen LogP contribution in [0.25, 0.3) is 10.9 Å². The summed E-state index contributed by atoms with van der Waals surface area (Å²) in [5, 5.41) is 5.17. The van der Waals surface area contributed by atoms with Crippen LogP contribution in [0.1, 0.15) is 11.1 Å². The molecule has 1 heterocycles. The molecule has 0 bridgehead atoms. The molecule has 28 heavy (non-hydrogen) atoms. The summed E-state index contributed by atoms with van der Waals surface area (Å²) in [4.78, 5) is 27.0. The summed E-state index contributed by atoms with van der Waals surface area (Å²) in [5.41, 5.74) is 2.23. The summed E-state index contributed by atoms with van der Waals surface area (Å²) in [6.07, 6.45) is -3.52. The lowest BCUT2D eigenvalue weighted by Crippen LogP contribution is -2.51. The Morgan fingerprint density at radius 3 is 2.39 bits per heavy atom. The zero-order chi connectivity index (χ0) is 20.1. The van der Waals surface area contributed by atoms with Crippen LogP contribution in [0.3, 0.4) is 0 Å². The first-order chi connectivity index (χ1) is 13.3. The predicted molar refractivity (Wildman–Crippen MR) is 98.3 cm³/mol. The first-order valence-corrected chi connectivity index (χ1v) is 8.59. The number of fused-ring (bicyclic) bond motifs is 1. The van der Waals surface area contributed by atoms with E-state index in [4.69, 9.17) is 0 Å². The number of carbonyl (C=O) groups excluding carboxylic acids is 2. The van der Waals surface area contributed by atoms with Gasteiger partial charge in [0.2, 0.25) is 5.91 Å². The molecule has 2 amide bonds. The van der Waals surface area contributed by atoms with E-state index in [1.807, 2.05) is 18.2 Å². The molecule has 3 N–H and O–H groups in total. The number of aromatic amines is 1. The molecule has 3 rings (SSSR count). The SMILES string of the molecule is O=C(NCc1ccccc1)C(Cc1c[nH]c2ccccc12)NC(=O)C(F)(F)F. The third-order valence-corrected chi connectivity index (χ3v) is 4.29. The van der Waals surface area contributed by atoms with Crippen molar-refractivity contribution < 1.29 is 22.8 Å². The van der Waals surface area contributed by atoms with E-state index in [0.717, 1.165) is 16.5 Å². The Morgan fingerprint density at radius 1 is 1.00 bits per heavy atom. The average molecular weight is 389 g/mol. The van der Waals surface area contributed by atoms with Gasteiger partial charge in [0.05, 0.1) is 0 Å². The molecule has 5 nitrogen and oxygen atoms in total. The van der Waals surface area contributed by atoms with Gasteiger partial charge < -0.3 is 15.6 Å². The Bertz CT molecular complexity index is 967. The van der Waals surface area contributed by atoms with Crippen LogP contribution in [-0.4, -0.2) is 29.0 Å². The van der Waals surface area contributed by atoms with Crippen LogP contribution in [0.2, 0.25) is 0 Å². The van der Waals surface area contributed by atoms with Crippen molar-refractivity contribution in [1.29, 1.82) is 0 Å². The number of aromatic nitrogens is 1. The Morgan fingerprint density at radius 2 is 1.68 bits per heavy atom. The predicted octanol–water partition coefficient (Wildman–Crippen LogP) is 3.07. The van der Waals surface area contributed by atoms with Gasteiger partial charge >= 0.3 is 12.1 Å². The van der Waals surface area contributed by atoms with Crippen molar-refractivity contribution in [1.82, 2.24) is 15.6 Å². The molecule has 0 aliphatic carbocycles. The Balaban J connectivity index is 1.78. The van der Waals surface area contributed by atoms with E-state index in [1.165, 1.54) is 0 Å². The second kappa shape index (κ2) is 8.16.